The lowest BCUT2D eigenvalue weighted by molar-refractivity contribution is 0.0628. The molecule has 1 fully saturated rings. The van der Waals surface area contributed by atoms with Gasteiger partial charge in [-0.05, 0) is 65.4 Å². The summed E-state index contributed by atoms with van der Waals surface area (Å²) in [5, 5.41) is 0.750. The Labute approximate surface area is 247 Å². The molecule has 214 valence electrons. The summed E-state index contributed by atoms with van der Waals surface area (Å²) in [7, 11) is -3.86. The number of hydrogen-bond donors (Lipinski definition) is 1. The van der Waals surface area contributed by atoms with Crippen LogP contribution in [0, 0.1) is 0 Å². The van der Waals surface area contributed by atoms with E-state index in [0.29, 0.717) is 35.8 Å². The van der Waals surface area contributed by atoms with E-state index in [2.05, 4.69) is 64.0 Å². The average molecular weight is 579 g/mol. The van der Waals surface area contributed by atoms with E-state index in [4.69, 9.17) is 0 Å². The van der Waals surface area contributed by atoms with E-state index >= 15 is 0 Å². The molecule has 1 N–H and O–H groups in total. The van der Waals surface area contributed by atoms with Crippen molar-refractivity contribution in [3.63, 3.8) is 0 Å². The maximum Gasteiger partial charge on any atom is 0.264 e. The molecule has 8 heteroatoms. The number of amides is 1. The minimum Gasteiger partial charge on any atom is -0.336 e. The Morgan fingerprint density at radius 1 is 0.929 bits per heavy atom. The number of fused-ring (bicyclic) bond motifs is 1. The van der Waals surface area contributed by atoms with Crippen LogP contribution in [0.3, 0.4) is 0 Å². The van der Waals surface area contributed by atoms with Gasteiger partial charge in [-0.1, -0.05) is 67.6 Å². The number of allylic oxidation sites excluding steroid dienone is 4. The summed E-state index contributed by atoms with van der Waals surface area (Å²) in [4.78, 5) is 21.9. The van der Waals surface area contributed by atoms with Gasteiger partial charge in [-0.15, -0.1) is 0 Å². The number of anilines is 1. The fraction of sp³-hybridized carbons (Fsp3) is 0.235. The van der Waals surface area contributed by atoms with Crippen molar-refractivity contribution >= 4 is 32.5 Å². The predicted octanol–water partition coefficient (Wildman–Crippen LogP) is 5.98. The topological polar surface area (TPSA) is 82.6 Å². The number of hydrogen-bond acceptors (Lipinski definition) is 5. The van der Waals surface area contributed by atoms with E-state index in [-0.39, 0.29) is 10.8 Å². The fourth-order valence-corrected chi connectivity index (χ4v) is 6.95. The van der Waals surface area contributed by atoms with Crippen molar-refractivity contribution in [3.05, 3.63) is 126 Å². The summed E-state index contributed by atoms with van der Waals surface area (Å²) in [6, 6.07) is 24.0. The second-order valence-corrected chi connectivity index (χ2v) is 12.6. The number of sulfonamides is 1. The molecule has 3 aromatic carbocycles. The van der Waals surface area contributed by atoms with Gasteiger partial charge in [0, 0.05) is 55.6 Å². The number of carbonyl (C=O) groups excluding carboxylic acids is 1. The first kappa shape index (κ1) is 27.9. The van der Waals surface area contributed by atoms with Crippen LogP contribution >= 0.6 is 0 Å². The minimum atomic E-state index is -3.86. The number of pyridine rings is 1. The highest BCUT2D eigenvalue weighted by molar-refractivity contribution is 7.93. The zero-order valence-corrected chi connectivity index (χ0v) is 24.4. The summed E-state index contributed by atoms with van der Waals surface area (Å²) < 4.78 is 28.9. The van der Waals surface area contributed by atoms with Crippen LogP contribution < -0.4 is 4.72 Å². The molecule has 1 aromatic heterocycles. The Hall–Kier alpha value is -4.27. The number of rotatable bonds is 9. The number of aromatic nitrogens is 1. The number of carbonyl (C=O) groups is 1. The molecule has 2 heterocycles. The Kier molecular flexibility index (Phi) is 7.91. The molecule has 0 saturated carbocycles. The van der Waals surface area contributed by atoms with Crippen LogP contribution in [0.15, 0.2) is 114 Å². The molecule has 1 aliphatic heterocycles. The SMILES string of the molecule is CC(CC1=CC=C1)c1ccccc1CN1CCN(C(=O)c2ccc(NS(=O)(=O)c3cccc4cccnc34)cc2)CC1. The third-order valence-electron chi connectivity index (χ3n) is 8.07. The van der Waals surface area contributed by atoms with Crippen molar-refractivity contribution in [3.8, 4) is 0 Å². The zero-order chi connectivity index (χ0) is 29.1. The standard InChI is InChI=1S/C34H34N4O3S/c1-25(23-26-7-4-8-26)31-12-3-2-9-29(31)24-37-19-21-38(22-20-37)34(39)28-14-16-30(17-15-28)36-42(40,41)32-13-5-10-27-11-6-18-35-33(27)32/h2-18,25,36H,19-24H2,1H3. The van der Waals surface area contributed by atoms with E-state index in [0.717, 1.165) is 31.4 Å². The van der Waals surface area contributed by atoms with Crippen molar-refractivity contribution in [2.24, 2.45) is 0 Å². The van der Waals surface area contributed by atoms with Gasteiger partial charge in [0.2, 0.25) is 0 Å². The molecular weight excluding hydrogens is 544 g/mol. The summed E-state index contributed by atoms with van der Waals surface area (Å²) in [6.07, 6.45) is 9.09. The number of para-hydroxylation sites is 1. The predicted molar refractivity (Wildman–Crippen MR) is 167 cm³/mol. The van der Waals surface area contributed by atoms with E-state index in [1.54, 1.807) is 48.7 Å². The molecule has 1 unspecified atom stereocenters. The van der Waals surface area contributed by atoms with Crippen LogP contribution in [-0.2, 0) is 16.6 Å². The molecule has 7 nitrogen and oxygen atoms in total. The Morgan fingerprint density at radius 3 is 2.40 bits per heavy atom. The van der Waals surface area contributed by atoms with Crippen LogP contribution in [0.2, 0.25) is 0 Å². The van der Waals surface area contributed by atoms with Gasteiger partial charge in [0.15, 0.2) is 0 Å². The largest absolute Gasteiger partial charge is 0.336 e. The second-order valence-electron chi connectivity index (χ2n) is 11.0. The van der Waals surface area contributed by atoms with Crippen molar-refractivity contribution in [2.45, 2.75) is 30.7 Å². The van der Waals surface area contributed by atoms with Gasteiger partial charge in [0.25, 0.3) is 15.9 Å². The normalized spacial score (nSPS) is 16.1. The molecule has 1 atom stereocenters. The van der Waals surface area contributed by atoms with Crippen molar-refractivity contribution in [1.82, 2.24) is 14.8 Å². The van der Waals surface area contributed by atoms with Crippen LogP contribution in [0.25, 0.3) is 10.9 Å². The Morgan fingerprint density at radius 2 is 1.67 bits per heavy atom. The average Bonchev–Trinajstić information content (AvgIpc) is 2.99. The Bertz CT molecular complexity index is 1770. The maximum atomic E-state index is 13.3. The molecule has 4 aromatic rings. The van der Waals surface area contributed by atoms with E-state index in [1.807, 2.05) is 17.0 Å². The van der Waals surface area contributed by atoms with Gasteiger partial charge in [-0.3, -0.25) is 19.4 Å². The van der Waals surface area contributed by atoms with Crippen LogP contribution in [0.4, 0.5) is 5.69 Å². The first-order chi connectivity index (χ1) is 20.4. The summed E-state index contributed by atoms with van der Waals surface area (Å²) in [5.74, 6) is 0.412. The number of benzene rings is 3. The van der Waals surface area contributed by atoms with Crippen molar-refractivity contribution < 1.29 is 13.2 Å². The highest BCUT2D eigenvalue weighted by atomic mass is 32.2. The highest BCUT2D eigenvalue weighted by Gasteiger charge is 2.24. The van der Waals surface area contributed by atoms with E-state index in [9.17, 15) is 13.2 Å². The minimum absolute atomic E-state index is 0.0434. The molecule has 0 spiro atoms. The molecule has 1 amide bonds. The third kappa shape index (κ3) is 6.00. The highest BCUT2D eigenvalue weighted by Crippen LogP contribution is 2.30. The summed E-state index contributed by atoms with van der Waals surface area (Å²) in [5.41, 5.74) is 5.49. The van der Waals surface area contributed by atoms with Crippen LogP contribution in [-0.4, -0.2) is 55.3 Å². The molecule has 0 radical (unpaired) electrons. The van der Waals surface area contributed by atoms with Gasteiger partial charge >= 0.3 is 0 Å². The van der Waals surface area contributed by atoms with Gasteiger partial charge in [0.1, 0.15) is 4.90 Å². The van der Waals surface area contributed by atoms with Crippen LogP contribution in [0.1, 0.15) is 40.7 Å². The third-order valence-corrected chi connectivity index (χ3v) is 9.48. The maximum absolute atomic E-state index is 13.3. The van der Waals surface area contributed by atoms with Gasteiger partial charge in [-0.2, -0.15) is 0 Å². The van der Waals surface area contributed by atoms with E-state index in [1.165, 1.54) is 16.7 Å². The summed E-state index contributed by atoms with van der Waals surface area (Å²) >= 11 is 0. The monoisotopic (exact) mass is 578 g/mol. The molecule has 1 saturated heterocycles. The first-order valence-corrected chi connectivity index (χ1v) is 15.8. The number of nitrogens with one attached hydrogen (secondary N) is 1. The molecule has 0 bridgehead atoms. The lowest BCUT2D eigenvalue weighted by Crippen LogP contribution is -2.48. The summed E-state index contributed by atoms with van der Waals surface area (Å²) in [6.45, 7) is 6.07. The van der Waals surface area contributed by atoms with Crippen molar-refractivity contribution in [1.29, 1.82) is 0 Å². The van der Waals surface area contributed by atoms with Crippen molar-refractivity contribution in [2.75, 3.05) is 30.9 Å². The number of piperazine rings is 1. The lowest BCUT2D eigenvalue weighted by atomic mass is 9.88. The molecular formula is C34H34N4O3S. The molecule has 2 aliphatic rings. The molecule has 6 rings (SSSR count). The lowest BCUT2D eigenvalue weighted by Gasteiger charge is -2.35. The first-order valence-electron chi connectivity index (χ1n) is 14.3. The van der Waals surface area contributed by atoms with Gasteiger partial charge in [-0.25, -0.2) is 8.42 Å². The Balaban J connectivity index is 1.06. The number of nitrogens with zero attached hydrogens (tertiary/aromatic N) is 3. The van der Waals surface area contributed by atoms with Gasteiger partial charge in [0.05, 0.1) is 5.52 Å². The molecule has 1 aliphatic carbocycles. The van der Waals surface area contributed by atoms with Gasteiger partial charge < -0.3 is 4.90 Å². The smallest absolute Gasteiger partial charge is 0.264 e. The quantitative estimate of drug-likeness (QED) is 0.264. The van der Waals surface area contributed by atoms with E-state index < -0.39 is 10.0 Å². The fourth-order valence-electron chi connectivity index (χ4n) is 5.71. The van der Waals surface area contributed by atoms with Crippen LogP contribution in [0.5, 0.6) is 0 Å². The zero-order valence-electron chi connectivity index (χ0n) is 23.6. The second kappa shape index (κ2) is 11.9. The molecule has 42 heavy (non-hydrogen) atoms.